The molecule has 0 aromatic heterocycles. The molecule has 1 heterocycles. The minimum Gasteiger partial charge on any atom is -0.508 e. The summed E-state index contributed by atoms with van der Waals surface area (Å²) in [6, 6.07) is 6.38. The molecule has 1 aliphatic heterocycles. The van der Waals surface area contributed by atoms with Crippen molar-refractivity contribution in [1.29, 1.82) is 0 Å². The van der Waals surface area contributed by atoms with Crippen molar-refractivity contribution in [3.8, 4) is 5.75 Å². The molecule has 1 aromatic carbocycles. The molecule has 4 nitrogen and oxygen atoms in total. The Bertz CT molecular complexity index is 445. The van der Waals surface area contributed by atoms with Crippen LogP contribution in [-0.2, 0) is 11.2 Å². The van der Waals surface area contributed by atoms with Crippen molar-refractivity contribution in [3.63, 3.8) is 0 Å². The van der Waals surface area contributed by atoms with Gasteiger partial charge in [0.25, 0.3) is 0 Å². The molecule has 0 saturated carbocycles. The van der Waals surface area contributed by atoms with Crippen molar-refractivity contribution in [2.45, 2.75) is 12.5 Å². The number of phenolic OH excluding ortho intramolecular Hbond substituents is 1. The largest absolute Gasteiger partial charge is 0.508 e. The molecular formula is C11H11NO3S. The van der Waals surface area contributed by atoms with Gasteiger partial charge in [-0.3, -0.25) is 4.99 Å². The highest BCUT2D eigenvalue weighted by atomic mass is 32.2. The summed E-state index contributed by atoms with van der Waals surface area (Å²) < 4.78 is 0. The number of hydrogen-bond acceptors (Lipinski definition) is 4. The standard InChI is InChI=1S/C11H11NO3S/c13-9-4-2-1-3-7(9)5-10-12-8(6-16-10)11(14)15/h1-4,8,13H,5-6H2,(H,14,15). The topological polar surface area (TPSA) is 69.9 Å². The van der Waals surface area contributed by atoms with Gasteiger partial charge in [-0.2, -0.15) is 0 Å². The predicted molar refractivity (Wildman–Crippen MR) is 63.1 cm³/mol. The van der Waals surface area contributed by atoms with Crippen LogP contribution >= 0.6 is 11.8 Å². The first-order valence-electron chi connectivity index (χ1n) is 4.86. The Balaban J connectivity index is 2.09. The van der Waals surface area contributed by atoms with Crippen molar-refractivity contribution in [2.24, 2.45) is 4.99 Å². The van der Waals surface area contributed by atoms with Crippen molar-refractivity contribution >= 4 is 22.8 Å². The minimum absolute atomic E-state index is 0.226. The van der Waals surface area contributed by atoms with E-state index in [1.54, 1.807) is 12.1 Å². The summed E-state index contributed by atoms with van der Waals surface area (Å²) in [5.74, 6) is -0.178. The SMILES string of the molecule is O=C(O)C1CSC(Cc2ccccc2O)=N1. The van der Waals surface area contributed by atoms with E-state index in [-0.39, 0.29) is 5.75 Å². The van der Waals surface area contributed by atoms with Crippen LogP contribution in [0.3, 0.4) is 0 Å². The molecule has 16 heavy (non-hydrogen) atoms. The van der Waals surface area contributed by atoms with Crippen LogP contribution in [0.5, 0.6) is 5.75 Å². The first kappa shape index (κ1) is 11.0. The molecule has 0 bridgehead atoms. The fourth-order valence-corrected chi connectivity index (χ4v) is 2.50. The molecule has 0 fully saturated rings. The zero-order valence-corrected chi connectivity index (χ0v) is 9.28. The molecule has 2 N–H and O–H groups in total. The van der Waals surface area contributed by atoms with Crippen molar-refractivity contribution in [2.75, 3.05) is 5.75 Å². The van der Waals surface area contributed by atoms with Gasteiger partial charge in [0.2, 0.25) is 0 Å². The number of thioether (sulfide) groups is 1. The minimum atomic E-state index is -0.889. The fraction of sp³-hybridized carbons (Fsp3) is 0.273. The maximum Gasteiger partial charge on any atom is 0.329 e. The molecule has 1 aromatic rings. The summed E-state index contributed by atoms with van der Waals surface area (Å²) in [6.07, 6.45) is 0.501. The van der Waals surface area contributed by atoms with Gasteiger partial charge in [-0.05, 0) is 6.07 Å². The summed E-state index contributed by atoms with van der Waals surface area (Å²) in [7, 11) is 0. The van der Waals surface area contributed by atoms with E-state index in [9.17, 15) is 9.90 Å². The summed E-state index contributed by atoms with van der Waals surface area (Å²) in [5, 5.41) is 19.1. The second kappa shape index (κ2) is 4.57. The lowest BCUT2D eigenvalue weighted by atomic mass is 10.1. The number of carbonyl (C=O) groups is 1. The van der Waals surface area contributed by atoms with Gasteiger partial charge >= 0.3 is 5.97 Å². The Kier molecular flexibility index (Phi) is 3.14. The molecular weight excluding hydrogens is 226 g/mol. The highest BCUT2D eigenvalue weighted by molar-refractivity contribution is 8.14. The number of rotatable bonds is 3. The molecule has 0 aliphatic carbocycles. The fourth-order valence-electron chi connectivity index (χ4n) is 1.47. The highest BCUT2D eigenvalue weighted by Crippen LogP contribution is 2.24. The molecule has 1 unspecified atom stereocenters. The number of hydrogen-bond donors (Lipinski definition) is 2. The predicted octanol–water partition coefficient (Wildman–Crippen LogP) is 1.53. The van der Waals surface area contributed by atoms with Gasteiger partial charge in [-0.25, -0.2) is 4.79 Å². The van der Waals surface area contributed by atoms with Crippen molar-refractivity contribution in [1.82, 2.24) is 0 Å². The van der Waals surface area contributed by atoms with E-state index in [1.807, 2.05) is 12.1 Å². The van der Waals surface area contributed by atoms with Crippen LogP contribution < -0.4 is 0 Å². The lowest BCUT2D eigenvalue weighted by Gasteiger charge is -2.02. The number of benzene rings is 1. The number of carboxylic acid groups (broad SMARTS) is 1. The average molecular weight is 237 g/mol. The number of carboxylic acids is 1. The van der Waals surface area contributed by atoms with E-state index in [1.165, 1.54) is 11.8 Å². The van der Waals surface area contributed by atoms with Gasteiger partial charge < -0.3 is 10.2 Å². The van der Waals surface area contributed by atoms with E-state index in [4.69, 9.17) is 5.11 Å². The lowest BCUT2D eigenvalue weighted by molar-refractivity contribution is -0.137. The number of aliphatic carboxylic acids is 1. The van der Waals surface area contributed by atoms with Gasteiger partial charge in [0.05, 0.1) is 5.04 Å². The maximum atomic E-state index is 10.7. The summed E-state index contributed by atoms with van der Waals surface area (Å²) in [4.78, 5) is 14.8. The summed E-state index contributed by atoms with van der Waals surface area (Å²) >= 11 is 1.44. The third-order valence-corrected chi connectivity index (χ3v) is 3.39. The van der Waals surface area contributed by atoms with Gasteiger partial charge in [-0.1, -0.05) is 18.2 Å². The van der Waals surface area contributed by atoms with Gasteiger partial charge in [0.1, 0.15) is 5.75 Å². The number of para-hydroxylation sites is 1. The molecule has 2 rings (SSSR count). The van der Waals surface area contributed by atoms with Crippen molar-refractivity contribution < 1.29 is 15.0 Å². The monoisotopic (exact) mass is 237 g/mol. The Morgan fingerprint density at radius 2 is 2.25 bits per heavy atom. The van der Waals surface area contributed by atoms with Crippen molar-refractivity contribution in [3.05, 3.63) is 29.8 Å². The van der Waals surface area contributed by atoms with E-state index in [0.717, 1.165) is 10.6 Å². The van der Waals surface area contributed by atoms with E-state index in [0.29, 0.717) is 12.2 Å². The Hall–Kier alpha value is -1.49. The highest BCUT2D eigenvalue weighted by Gasteiger charge is 2.24. The zero-order chi connectivity index (χ0) is 11.5. The van der Waals surface area contributed by atoms with Crippen LogP contribution in [0, 0.1) is 0 Å². The lowest BCUT2D eigenvalue weighted by Crippen LogP contribution is -2.17. The van der Waals surface area contributed by atoms with Gasteiger partial charge in [0.15, 0.2) is 6.04 Å². The Morgan fingerprint density at radius 1 is 1.50 bits per heavy atom. The van der Waals surface area contributed by atoms with Crippen LogP contribution in [-0.4, -0.2) is 33.0 Å². The number of aromatic hydroxyl groups is 1. The second-order valence-corrected chi connectivity index (χ2v) is 4.59. The summed E-state index contributed by atoms with van der Waals surface area (Å²) in [6.45, 7) is 0. The molecule has 0 saturated heterocycles. The molecule has 1 aliphatic rings. The van der Waals surface area contributed by atoms with E-state index in [2.05, 4.69) is 4.99 Å². The molecule has 0 amide bonds. The third kappa shape index (κ3) is 2.36. The average Bonchev–Trinajstić information content (AvgIpc) is 2.70. The number of aliphatic imine (C=N–C) groups is 1. The Morgan fingerprint density at radius 3 is 2.88 bits per heavy atom. The number of phenols is 1. The van der Waals surface area contributed by atoms with Gasteiger partial charge in [0, 0.05) is 17.7 Å². The van der Waals surface area contributed by atoms with E-state index >= 15 is 0 Å². The zero-order valence-electron chi connectivity index (χ0n) is 8.46. The first-order chi connectivity index (χ1) is 7.66. The molecule has 0 radical (unpaired) electrons. The molecule has 1 atom stereocenters. The summed E-state index contributed by atoms with van der Waals surface area (Å²) in [5.41, 5.74) is 0.778. The third-order valence-electron chi connectivity index (χ3n) is 2.33. The van der Waals surface area contributed by atoms with Gasteiger partial charge in [-0.15, -0.1) is 11.8 Å². The van der Waals surface area contributed by atoms with E-state index < -0.39 is 12.0 Å². The van der Waals surface area contributed by atoms with Crippen LogP contribution in [0.4, 0.5) is 0 Å². The first-order valence-corrected chi connectivity index (χ1v) is 5.84. The second-order valence-electron chi connectivity index (χ2n) is 3.49. The van der Waals surface area contributed by atoms with Crippen LogP contribution in [0.2, 0.25) is 0 Å². The Labute approximate surface area is 97.0 Å². The van der Waals surface area contributed by atoms with Crippen LogP contribution in [0.25, 0.3) is 0 Å². The molecule has 5 heteroatoms. The van der Waals surface area contributed by atoms with Crippen LogP contribution in [0.1, 0.15) is 5.56 Å². The molecule has 0 spiro atoms. The smallest absolute Gasteiger partial charge is 0.329 e. The normalized spacial score (nSPS) is 19.5. The molecule has 84 valence electrons. The maximum absolute atomic E-state index is 10.7. The quantitative estimate of drug-likeness (QED) is 0.836. The number of nitrogens with zero attached hydrogens (tertiary/aromatic N) is 1. The van der Waals surface area contributed by atoms with Crippen LogP contribution in [0.15, 0.2) is 29.3 Å².